The number of benzene rings is 1. The van der Waals surface area contributed by atoms with Crippen LogP contribution >= 0.6 is 0 Å². The number of aromatic nitrogens is 5. The van der Waals surface area contributed by atoms with Crippen molar-refractivity contribution in [1.82, 2.24) is 24.3 Å². The summed E-state index contributed by atoms with van der Waals surface area (Å²) >= 11 is 0. The molecule has 3 heterocycles. The third kappa shape index (κ3) is 9.28. The summed E-state index contributed by atoms with van der Waals surface area (Å²) in [6.07, 6.45) is -7.16. The van der Waals surface area contributed by atoms with Crippen LogP contribution in [0.1, 0.15) is 24.0 Å². The number of rotatable bonds is 13. The fourth-order valence-corrected chi connectivity index (χ4v) is 5.43. The lowest BCUT2D eigenvalue weighted by Gasteiger charge is -2.20. The first-order valence-electron chi connectivity index (χ1n) is 14.7. The number of carbonyl (C=O) groups is 1. The van der Waals surface area contributed by atoms with Gasteiger partial charge in [0.05, 0.1) is 28.4 Å². The second-order valence-electron chi connectivity index (χ2n) is 12.3. The number of pyridine rings is 1. The van der Waals surface area contributed by atoms with Gasteiger partial charge in [0.1, 0.15) is 24.2 Å². The summed E-state index contributed by atoms with van der Waals surface area (Å²) in [5, 5.41) is 15.8. The summed E-state index contributed by atoms with van der Waals surface area (Å²) in [7, 11) is -1.50. The number of fused-ring (bicyclic) bond motifs is 1. The topological polar surface area (TPSA) is 141 Å². The van der Waals surface area contributed by atoms with Gasteiger partial charge in [-0.2, -0.15) is 31.4 Å². The Balaban J connectivity index is 1.48. The number of aryl methyl sites for hydroxylation is 1. The molecule has 1 aromatic carbocycles. The molecule has 4 aromatic rings. The number of ether oxygens (including phenoxy) is 1. The third-order valence-electron chi connectivity index (χ3n) is 7.34. The number of nitrogens with zero attached hydrogens (tertiary/aromatic N) is 5. The predicted octanol–water partition coefficient (Wildman–Crippen LogP) is 5.85. The van der Waals surface area contributed by atoms with E-state index in [1.165, 1.54) is 18.3 Å². The van der Waals surface area contributed by atoms with E-state index < -0.39 is 72.9 Å². The van der Waals surface area contributed by atoms with Crippen LogP contribution in [-0.4, -0.2) is 56.1 Å². The Morgan fingerprint density at radius 3 is 2.29 bits per heavy atom. The van der Waals surface area contributed by atoms with Gasteiger partial charge < -0.3 is 19.7 Å². The van der Waals surface area contributed by atoms with Crippen LogP contribution in [0.5, 0.6) is 0 Å². The number of aliphatic carboxylic acids is 1. The number of carboxylic acid groups (broad SMARTS) is 1. The molecule has 0 amide bonds. The summed E-state index contributed by atoms with van der Waals surface area (Å²) in [6.45, 7) is 5.80. The molecule has 1 atom stereocenters. The van der Waals surface area contributed by atoms with Crippen molar-refractivity contribution in [2.75, 3.05) is 11.9 Å². The smallest absolute Gasteiger partial charge is 0.423 e. The largest absolute Gasteiger partial charge is 0.480 e. The third-order valence-corrected chi connectivity index (χ3v) is 9.05. The van der Waals surface area contributed by atoms with Gasteiger partial charge in [-0.25, -0.2) is 23.8 Å². The zero-order valence-electron chi connectivity index (χ0n) is 26.3. The SMILES string of the molecule is C[Si](C)(C)CCOCn1ncc(NC(CCCn2ccc3cc(-c4ncc(C(F)(F)F)cn4)c(F)cc3c2=O)C(=O)O)c(C(F)(F)F)c1=O. The molecule has 0 saturated heterocycles. The first-order valence-corrected chi connectivity index (χ1v) is 18.4. The molecule has 19 heteroatoms. The number of alkyl halides is 6. The summed E-state index contributed by atoms with van der Waals surface area (Å²) in [5.74, 6) is -2.85. The maximum atomic E-state index is 15.0. The number of nitrogens with one attached hydrogen (secondary N) is 1. The lowest BCUT2D eigenvalue weighted by molar-refractivity contribution is -0.140. The Bertz CT molecular complexity index is 1940. The van der Waals surface area contributed by atoms with E-state index in [1.54, 1.807) is 0 Å². The molecule has 2 N–H and O–H groups in total. The maximum absolute atomic E-state index is 15.0. The van der Waals surface area contributed by atoms with E-state index in [9.17, 15) is 50.2 Å². The molecule has 264 valence electrons. The molecule has 3 aromatic heterocycles. The second kappa shape index (κ2) is 14.4. The quantitative estimate of drug-likeness (QED) is 0.0991. The minimum Gasteiger partial charge on any atom is -0.480 e. The van der Waals surface area contributed by atoms with Crippen molar-refractivity contribution < 1.29 is 45.4 Å². The summed E-state index contributed by atoms with van der Waals surface area (Å²) in [5.41, 5.74) is -6.05. The molecule has 0 radical (unpaired) electrons. The molecule has 0 aliphatic heterocycles. The lowest BCUT2D eigenvalue weighted by Crippen LogP contribution is -2.36. The van der Waals surface area contributed by atoms with E-state index in [-0.39, 0.29) is 48.2 Å². The van der Waals surface area contributed by atoms with Crippen molar-refractivity contribution in [2.24, 2.45) is 0 Å². The molecule has 4 rings (SSSR count). The molecule has 1 unspecified atom stereocenters. The van der Waals surface area contributed by atoms with Gasteiger partial charge in [-0.05, 0) is 42.5 Å². The minimum atomic E-state index is -5.16. The van der Waals surface area contributed by atoms with E-state index in [0.29, 0.717) is 29.3 Å². The Morgan fingerprint density at radius 1 is 1.02 bits per heavy atom. The van der Waals surface area contributed by atoms with Crippen molar-refractivity contribution in [3.8, 4) is 11.4 Å². The Hall–Kier alpha value is -4.65. The monoisotopic (exact) mass is 716 g/mol. The molecule has 0 aliphatic rings. The lowest BCUT2D eigenvalue weighted by atomic mass is 10.1. The molecule has 11 nitrogen and oxygen atoms in total. The van der Waals surface area contributed by atoms with Gasteiger partial charge in [0.15, 0.2) is 5.82 Å². The standard InChI is InChI=1S/C30H31F7N6O5Si/c1-49(2,3)10-9-48-16-43-27(45)24(30(35,36)37)23(15-40-43)41-22(28(46)47)5-4-7-42-8-6-17-11-20(21(31)12-19(17)26(42)44)25-38-13-18(14-39-25)29(32,33)34/h6,8,11-15,22,41H,4-5,7,9-10,16H2,1-3H3,(H,46,47). The van der Waals surface area contributed by atoms with Crippen LogP contribution in [0.3, 0.4) is 0 Å². The van der Waals surface area contributed by atoms with Gasteiger partial charge in [-0.3, -0.25) is 9.59 Å². The number of carboxylic acids is 1. The van der Waals surface area contributed by atoms with Gasteiger partial charge in [0, 0.05) is 39.8 Å². The van der Waals surface area contributed by atoms with Gasteiger partial charge >= 0.3 is 18.3 Å². The van der Waals surface area contributed by atoms with Crippen molar-refractivity contribution in [3.05, 3.63) is 80.6 Å². The Kier molecular flexibility index (Phi) is 11.0. The highest BCUT2D eigenvalue weighted by Gasteiger charge is 2.39. The predicted molar refractivity (Wildman–Crippen MR) is 166 cm³/mol. The molecular weight excluding hydrogens is 685 g/mol. The highest BCUT2D eigenvalue weighted by molar-refractivity contribution is 6.76. The van der Waals surface area contributed by atoms with Crippen molar-refractivity contribution >= 4 is 30.5 Å². The van der Waals surface area contributed by atoms with E-state index in [0.717, 1.165) is 10.6 Å². The second-order valence-corrected chi connectivity index (χ2v) is 17.9. The van der Waals surface area contributed by atoms with Gasteiger partial charge in [-0.1, -0.05) is 19.6 Å². The molecule has 0 fully saturated rings. The van der Waals surface area contributed by atoms with E-state index >= 15 is 0 Å². The molecule has 0 spiro atoms. The van der Waals surface area contributed by atoms with Gasteiger partial charge in [0.2, 0.25) is 0 Å². The zero-order valence-corrected chi connectivity index (χ0v) is 27.3. The first-order chi connectivity index (χ1) is 22.8. The average molecular weight is 717 g/mol. The van der Waals surface area contributed by atoms with E-state index in [4.69, 9.17) is 4.74 Å². The van der Waals surface area contributed by atoms with Crippen LogP contribution in [0.4, 0.5) is 36.4 Å². The Labute approximate surface area is 274 Å². The summed E-state index contributed by atoms with van der Waals surface area (Å²) < 4.78 is 102. The molecule has 0 bridgehead atoms. The highest BCUT2D eigenvalue weighted by Crippen LogP contribution is 2.33. The van der Waals surface area contributed by atoms with Gasteiger partial charge in [0.25, 0.3) is 11.1 Å². The van der Waals surface area contributed by atoms with Crippen LogP contribution in [0, 0.1) is 5.82 Å². The van der Waals surface area contributed by atoms with Crippen LogP contribution in [0.15, 0.2) is 52.6 Å². The van der Waals surface area contributed by atoms with Gasteiger partial charge in [-0.15, -0.1) is 0 Å². The summed E-state index contributed by atoms with van der Waals surface area (Å²) in [4.78, 5) is 44.9. The van der Waals surface area contributed by atoms with E-state index in [1.807, 2.05) is 0 Å². The van der Waals surface area contributed by atoms with Crippen LogP contribution in [-0.2, 0) is 35.2 Å². The van der Waals surface area contributed by atoms with Crippen molar-refractivity contribution in [3.63, 3.8) is 0 Å². The molecule has 0 aliphatic carbocycles. The molecule has 49 heavy (non-hydrogen) atoms. The summed E-state index contributed by atoms with van der Waals surface area (Å²) in [6, 6.07) is 2.58. The van der Waals surface area contributed by atoms with E-state index in [2.05, 4.69) is 40.0 Å². The van der Waals surface area contributed by atoms with Crippen LogP contribution < -0.4 is 16.4 Å². The fourth-order valence-electron chi connectivity index (χ4n) is 4.67. The van der Waals surface area contributed by atoms with Crippen molar-refractivity contribution in [1.29, 1.82) is 0 Å². The van der Waals surface area contributed by atoms with Crippen molar-refractivity contribution in [2.45, 2.75) is 70.2 Å². The van der Waals surface area contributed by atoms with Crippen LogP contribution in [0.2, 0.25) is 25.7 Å². The molecule has 0 saturated carbocycles. The Morgan fingerprint density at radius 2 is 1.69 bits per heavy atom. The number of halogens is 7. The molecular formula is C30H31F7N6O5Si. The first kappa shape index (κ1) is 37.2. The number of hydrogen-bond donors (Lipinski definition) is 2. The van der Waals surface area contributed by atoms with Crippen LogP contribution in [0.25, 0.3) is 22.2 Å². The maximum Gasteiger partial charge on any atom is 0.423 e. The number of anilines is 1. The minimum absolute atomic E-state index is 0.0495. The fraction of sp³-hybridized carbons (Fsp3) is 0.400. The number of hydrogen-bond acceptors (Lipinski definition) is 8. The average Bonchev–Trinajstić information content (AvgIpc) is 2.99. The normalized spacial score (nSPS) is 13.1. The highest BCUT2D eigenvalue weighted by atomic mass is 28.3. The zero-order chi connectivity index (χ0) is 36.3.